The van der Waals surface area contributed by atoms with Crippen molar-refractivity contribution in [1.29, 1.82) is 0 Å². The highest BCUT2D eigenvalue weighted by molar-refractivity contribution is 7.99. The van der Waals surface area contributed by atoms with E-state index in [9.17, 15) is 4.79 Å². The van der Waals surface area contributed by atoms with Crippen molar-refractivity contribution in [3.8, 4) is 0 Å². The lowest BCUT2D eigenvalue weighted by Crippen LogP contribution is -2.39. The standard InChI is InChI=1S/C10H22N2OS/c1-3-4-5-7-14-8-6-9(12-2)10(11)13/h9,12H,3-8H2,1-2H3,(H2,11,13). The van der Waals surface area contributed by atoms with Crippen molar-refractivity contribution in [2.75, 3.05) is 18.6 Å². The van der Waals surface area contributed by atoms with Crippen molar-refractivity contribution in [2.45, 2.75) is 38.6 Å². The highest BCUT2D eigenvalue weighted by Crippen LogP contribution is 2.08. The second kappa shape index (κ2) is 9.34. The summed E-state index contributed by atoms with van der Waals surface area (Å²) in [5.41, 5.74) is 5.20. The first kappa shape index (κ1) is 13.8. The van der Waals surface area contributed by atoms with E-state index in [1.54, 1.807) is 7.05 Å². The van der Waals surface area contributed by atoms with Crippen LogP contribution in [0.5, 0.6) is 0 Å². The third kappa shape index (κ3) is 7.21. The van der Waals surface area contributed by atoms with E-state index in [1.165, 1.54) is 25.0 Å². The van der Waals surface area contributed by atoms with E-state index in [-0.39, 0.29) is 11.9 Å². The van der Waals surface area contributed by atoms with E-state index in [0.29, 0.717) is 0 Å². The van der Waals surface area contributed by atoms with Gasteiger partial charge in [0.1, 0.15) is 0 Å². The van der Waals surface area contributed by atoms with Crippen molar-refractivity contribution in [2.24, 2.45) is 5.73 Å². The van der Waals surface area contributed by atoms with E-state index in [1.807, 2.05) is 11.8 Å². The molecule has 0 aliphatic rings. The summed E-state index contributed by atoms with van der Waals surface area (Å²) in [6.07, 6.45) is 4.68. The predicted octanol–water partition coefficient (Wildman–Crippen LogP) is 1.37. The van der Waals surface area contributed by atoms with Crippen LogP contribution in [-0.2, 0) is 4.79 Å². The van der Waals surface area contributed by atoms with Crippen LogP contribution in [0.1, 0.15) is 32.6 Å². The number of carbonyl (C=O) groups is 1. The number of hydrogen-bond acceptors (Lipinski definition) is 3. The highest BCUT2D eigenvalue weighted by atomic mass is 32.2. The summed E-state index contributed by atoms with van der Waals surface area (Å²) in [4.78, 5) is 10.8. The van der Waals surface area contributed by atoms with Gasteiger partial charge in [-0.1, -0.05) is 19.8 Å². The van der Waals surface area contributed by atoms with Crippen LogP contribution in [0.25, 0.3) is 0 Å². The highest BCUT2D eigenvalue weighted by Gasteiger charge is 2.11. The molecule has 0 aliphatic heterocycles. The zero-order valence-corrected chi connectivity index (χ0v) is 10.0. The van der Waals surface area contributed by atoms with Crippen molar-refractivity contribution in [3.05, 3.63) is 0 Å². The van der Waals surface area contributed by atoms with Gasteiger partial charge in [0.2, 0.25) is 5.91 Å². The van der Waals surface area contributed by atoms with Gasteiger partial charge in [0.05, 0.1) is 6.04 Å². The summed E-state index contributed by atoms with van der Waals surface area (Å²) in [6, 6.07) is -0.159. The van der Waals surface area contributed by atoms with E-state index in [0.717, 1.165) is 12.2 Å². The van der Waals surface area contributed by atoms with Gasteiger partial charge in [-0.3, -0.25) is 4.79 Å². The molecule has 14 heavy (non-hydrogen) atoms. The SMILES string of the molecule is CCCCCSCCC(NC)C(N)=O. The maximum atomic E-state index is 10.8. The molecule has 0 radical (unpaired) electrons. The minimum atomic E-state index is -0.248. The van der Waals surface area contributed by atoms with Crippen LogP contribution in [0.2, 0.25) is 0 Å². The molecule has 0 aromatic heterocycles. The topological polar surface area (TPSA) is 55.1 Å². The Bertz CT molecular complexity index is 153. The Morgan fingerprint density at radius 1 is 1.43 bits per heavy atom. The molecule has 0 saturated heterocycles. The summed E-state index contributed by atoms with van der Waals surface area (Å²) in [5, 5.41) is 2.92. The lowest BCUT2D eigenvalue weighted by molar-refractivity contribution is -0.119. The van der Waals surface area contributed by atoms with Gasteiger partial charge < -0.3 is 11.1 Å². The van der Waals surface area contributed by atoms with Crippen molar-refractivity contribution in [3.63, 3.8) is 0 Å². The normalized spacial score (nSPS) is 12.7. The number of likely N-dealkylation sites (N-methyl/N-ethyl adjacent to an activating group) is 1. The van der Waals surface area contributed by atoms with Crippen molar-refractivity contribution in [1.82, 2.24) is 5.32 Å². The average Bonchev–Trinajstić information content (AvgIpc) is 2.16. The fourth-order valence-corrected chi connectivity index (χ4v) is 2.20. The summed E-state index contributed by atoms with van der Waals surface area (Å²) >= 11 is 1.91. The third-order valence-corrected chi connectivity index (χ3v) is 3.24. The Morgan fingerprint density at radius 3 is 2.64 bits per heavy atom. The van der Waals surface area contributed by atoms with Crippen LogP contribution in [0, 0.1) is 0 Å². The number of nitrogens with two attached hydrogens (primary N) is 1. The second-order valence-electron chi connectivity index (χ2n) is 3.35. The van der Waals surface area contributed by atoms with Gasteiger partial charge in [0.15, 0.2) is 0 Å². The number of amides is 1. The molecule has 3 N–H and O–H groups in total. The van der Waals surface area contributed by atoms with Crippen LogP contribution in [0.4, 0.5) is 0 Å². The van der Waals surface area contributed by atoms with Gasteiger partial charge in [-0.25, -0.2) is 0 Å². The Hall–Kier alpha value is -0.220. The number of thioether (sulfide) groups is 1. The molecular weight excluding hydrogens is 196 g/mol. The van der Waals surface area contributed by atoms with Crippen molar-refractivity contribution < 1.29 is 4.79 Å². The first-order chi connectivity index (χ1) is 6.72. The molecule has 1 unspecified atom stereocenters. The Balaban J connectivity index is 3.29. The molecule has 0 fully saturated rings. The smallest absolute Gasteiger partial charge is 0.234 e. The number of rotatable bonds is 9. The summed E-state index contributed by atoms with van der Waals surface area (Å²) < 4.78 is 0. The molecule has 0 aliphatic carbocycles. The summed E-state index contributed by atoms with van der Waals surface area (Å²) in [5.74, 6) is 1.96. The maximum Gasteiger partial charge on any atom is 0.234 e. The fourth-order valence-electron chi connectivity index (χ4n) is 1.19. The molecule has 3 nitrogen and oxygen atoms in total. The number of primary amides is 1. The molecule has 0 aromatic rings. The number of unbranched alkanes of at least 4 members (excludes halogenated alkanes) is 2. The van der Waals surface area contributed by atoms with Crippen LogP contribution in [0.15, 0.2) is 0 Å². The maximum absolute atomic E-state index is 10.8. The Kier molecular flexibility index (Phi) is 9.19. The van der Waals surface area contributed by atoms with Crippen molar-refractivity contribution >= 4 is 17.7 Å². The van der Waals surface area contributed by atoms with Crippen LogP contribution in [-0.4, -0.2) is 30.5 Å². The Morgan fingerprint density at radius 2 is 2.14 bits per heavy atom. The van der Waals surface area contributed by atoms with E-state index >= 15 is 0 Å². The molecule has 0 aromatic carbocycles. The van der Waals surface area contributed by atoms with Gasteiger partial charge in [-0.15, -0.1) is 0 Å². The molecular formula is C10H22N2OS. The second-order valence-corrected chi connectivity index (χ2v) is 4.58. The Labute approximate surface area is 91.2 Å². The van der Waals surface area contributed by atoms with Gasteiger partial charge >= 0.3 is 0 Å². The molecule has 0 saturated carbocycles. The molecule has 1 amide bonds. The summed E-state index contributed by atoms with van der Waals surface area (Å²) in [7, 11) is 1.77. The average molecular weight is 218 g/mol. The van der Waals surface area contributed by atoms with E-state index in [4.69, 9.17) is 5.73 Å². The number of nitrogens with one attached hydrogen (secondary N) is 1. The predicted molar refractivity (Wildman–Crippen MR) is 63.5 cm³/mol. The molecule has 0 heterocycles. The van der Waals surface area contributed by atoms with E-state index in [2.05, 4.69) is 12.2 Å². The van der Waals surface area contributed by atoms with Gasteiger partial charge in [0.25, 0.3) is 0 Å². The van der Waals surface area contributed by atoms with Gasteiger partial charge in [-0.2, -0.15) is 11.8 Å². The quantitative estimate of drug-likeness (QED) is 0.575. The fraction of sp³-hybridized carbons (Fsp3) is 0.900. The summed E-state index contributed by atoms with van der Waals surface area (Å²) in [6.45, 7) is 2.20. The molecule has 4 heteroatoms. The third-order valence-electron chi connectivity index (χ3n) is 2.13. The van der Waals surface area contributed by atoms with Crippen LogP contribution >= 0.6 is 11.8 Å². The van der Waals surface area contributed by atoms with Crippen LogP contribution in [0.3, 0.4) is 0 Å². The zero-order valence-electron chi connectivity index (χ0n) is 9.21. The first-order valence-corrected chi connectivity index (χ1v) is 6.42. The largest absolute Gasteiger partial charge is 0.368 e. The van der Waals surface area contributed by atoms with Gasteiger partial charge in [-0.05, 0) is 31.4 Å². The lowest BCUT2D eigenvalue weighted by Gasteiger charge is -2.11. The monoisotopic (exact) mass is 218 g/mol. The molecule has 0 bridgehead atoms. The molecule has 84 valence electrons. The van der Waals surface area contributed by atoms with Gasteiger partial charge in [0, 0.05) is 0 Å². The van der Waals surface area contributed by atoms with Crippen LogP contribution < -0.4 is 11.1 Å². The minimum Gasteiger partial charge on any atom is -0.368 e. The minimum absolute atomic E-state index is 0.159. The lowest BCUT2D eigenvalue weighted by atomic mass is 10.2. The molecule has 0 rings (SSSR count). The van der Waals surface area contributed by atoms with E-state index < -0.39 is 0 Å². The first-order valence-electron chi connectivity index (χ1n) is 5.26. The zero-order chi connectivity index (χ0) is 10.8. The number of carbonyl (C=O) groups excluding carboxylic acids is 1. The number of hydrogen-bond donors (Lipinski definition) is 2. The molecule has 1 atom stereocenters. The molecule has 0 spiro atoms.